The van der Waals surface area contributed by atoms with Gasteiger partial charge in [-0.2, -0.15) is 0 Å². The number of carbonyl (C=O) groups is 1. The van der Waals surface area contributed by atoms with Gasteiger partial charge in [-0.15, -0.1) is 34.8 Å². The number of alkyl halides is 3. The summed E-state index contributed by atoms with van der Waals surface area (Å²) in [7, 11) is 1.67. The summed E-state index contributed by atoms with van der Waals surface area (Å²) < 4.78 is 0. The van der Waals surface area contributed by atoms with Gasteiger partial charge in [-0.05, 0) is 89.0 Å². The molecule has 0 spiro atoms. The molecule has 7 atom stereocenters. The van der Waals surface area contributed by atoms with E-state index >= 15 is 0 Å². The molecule has 9 heteroatoms. The van der Waals surface area contributed by atoms with Gasteiger partial charge in [0.25, 0.3) is 0 Å². The maximum absolute atomic E-state index is 12.5. The van der Waals surface area contributed by atoms with Gasteiger partial charge in [0.15, 0.2) is 0 Å². The lowest BCUT2D eigenvalue weighted by atomic mass is 9.75. The van der Waals surface area contributed by atoms with Gasteiger partial charge in [0.05, 0.1) is 17.6 Å². The smallest absolute Gasteiger partial charge is 0.222 e. The van der Waals surface area contributed by atoms with Crippen LogP contribution < -0.4 is 0 Å². The molecule has 3 heterocycles. The minimum absolute atomic E-state index is 0.00355. The molecule has 1 amide bonds. The predicted molar refractivity (Wildman–Crippen MR) is 165 cm³/mol. The van der Waals surface area contributed by atoms with Crippen LogP contribution in [0.3, 0.4) is 0 Å². The molecule has 0 aromatic heterocycles. The average molecular weight is 616 g/mol. The molecule has 6 nitrogen and oxygen atoms in total. The third kappa shape index (κ3) is 7.82. The quantitative estimate of drug-likeness (QED) is 0.156. The van der Waals surface area contributed by atoms with Crippen LogP contribution in [0.4, 0.5) is 0 Å². The fourth-order valence-electron chi connectivity index (χ4n) is 8.01. The summed E-state index contributed by atoms with van der Waals surface area (Å²) in [4.78, 5) is 25.1. The lowest BCUT2D eigenvalue weighted by Crippen LogP contribution is -2.49. The number of piperidine rings is 2. The molecule has 226 valence electrons. The van der Waals surface area contributed by atoms with E-state index in [-0.39, 0.29) is 16.1 Å². The number of nitrogens with zero attached hydrogens (tertiary/aromatic N) is 4. The van der Waals surface area contributed by atoms with Gasteiger partial charge in [0, 0.05) is 66.6 Å². The van der Waals surface area contributed by atoms with E-state index in [1.165, 1.54) is 12.1 Å². The maximum atomic E-state index is 12.5. The number of oxime groups is 1. The van der Waals surface area contributed by atoms with Crippen LogP contribution in [0.2, 0.25) is 0 Å². The van der Waals surface area contributed by atoms with Crippen LogP contribution in [0, 0.1) is 23.7 Å². The molecule has 5 aliphatic rings. The summed E-state index contributed by atoms with van der Waals surface area (Å²) in [6.07, 6.45) is 14.8. The Morgan fingerprint density at radius 2 is 1.82 bits per heavy atom. The molecular weight excluding hydrogens is 567 g/mol. The van der Waals surface area contributed by atoms with Crippen LogP contribution in [0.1, 0.15) is 84.0 Å². The number of rotatable bonds is 10. The molecule has 0 aromatic carbocycles. The molecule has 5 rings (SSSR count). The molecular formula is C31H49Cl3N4O2. The molecule has 0 bridgehead atoms. The normalized spacial score (nSPS) is 35.5. The average Bonchev–Trinajstić information content (AvgIpc) is 3.70. The zero-order valence-electron chi connectivity index (χ0n) is 24.5. The maximum Gasteiger partial charge on any atom is 0.222 e. The van der Waals surface area contributed by atoms with Crippen molar-refractivity contribution in [2.75, 3.05) is 39.8 Å². The van der Waals surface area contributed by atoms with Gasteiger partial charge in [0.1, 0.15) is 7.11 Å². The highest BCUT2D eigenvalue weighted by atomic mass is 35.5. The van der Waals surface area contributed by atoms with Crippen molar-refractivity contribution in [3.05, 3.63) is 11.9 Å². The predicted octanol–water partition coefficient (Wildman–Crippen LogP) is 6.69. The number of carbonyl (C=O) groups excluding carboxylic acids is 1. The summed E-state index contributed by atoms with van der Waals surface area (Å²) >= 11 is 19.9. The highest BCUT2D eigenvalue weighted by Crippen LogP contribution is 2.43. The zero-order chi connectivity index (χ0) is 28.2. The van der Waals surface area contributed by atoms with E-state index in [9.17, 15) is 4.79 Å². The van der Waals surface area contributed by atoms with E-state index in [0.29, 0.717) is 35.6 Å². The Morgan fingerprint density at radius 1 is 1.02 bits per heavy atom. The summed E-state index contributed by atoms with van der Waals surface area (Å²) in [5.74, 6) is 2.37. The van der Waals surface area contributed by atoms with Crippen LogP contribution in [-0.2, 0) is 9.63 Å². The van der Waals surface area contributed by atoms with Gasteiger partial charge in [0.2, 0.25) is 5.91 Å². The van der Waals surface area contributed by atoms with Crippen LogP contribution >= 0.6 is 34.8 Å². The molecule has 3 aliphatic heterocycles. The molecule has 40 heavy (non-hydrogen) atoms. The summed E-state index contributed by atoms with van der Waals surface area (Å²) in [5, 5.41) is 4.99. The van der Waals surface area contributed by atoms with Gasteiger partial charge < -0.3 is 19.5 Å². The number of amides is 1. The Morgan fingerprint density at radius 3 is 2.52 bits per heavy atom. The monoisotopic (exact) mass is 614 g/mol. The second kappa shape index (κ2) is 14.2. The van der Waals surface area contributed by atoms with Crippen LogP contribution in [0.15, 0.2) is 17.1 Å². The fraction of sp³-hybridized carbons (Fsp3) is 0.871. The minimum Gasteiger partial charge on any atom is -0.399 e. The molecule has 7 unspecified atom stereocenters. The van der Waals surface area contributed by atoms with Crippen LogP contribution in [0.5, 0.6) is 0 Å². The first-order valence-corrected chi connectivity index (χ1v) is 17.2. The van der Waals surface area contributed by atoms with Crippen LogP contribution in [-0.4, -0.2) is 88.3 Å². The number of likely N-dealkylation sites (tertiary alicyclic amines) is 2. The first-order valence-electron chi connectivity index (χ1n) is 15.8. The Balaban J connectivity index is 1.20. The Bertz CT molecular complexity index is 914. The largest absolute Gasteiger partial charge is 0.399 e. The van der Waals surface area contributed by atoms with Gasteiger partial charge in [-0.3, -0.25) is 4.79 Å². The lowest BCUT2D eigenvalue weighted by molar-refractivity contribution is -0.136. The first-order chi connectivity index (χ1) is 19.3. The SMILES string of the molecule is CO/N=C(\CN1C=C1C1CC(C)CC(Cl)C1)C(CCN1CCC(N2CCCCC2=O)CC1)C1CCC(Cl)C(Cl)C1. The van der Waals surface area contributed by atoms with Crippen molar-refractivity contribution < 1.29 is 9.63 Å². The van der Waals surface area contributed by atoms with Gasteiger partial charge >= 0.3 is 0 Å². The van der Waals surface area contributed by atoms with Crippen molar-refractivity contribution in [1.29, 1.82) is 0 Å². The van der Waals surface area contributed by atoms with E-state index in [0.717, 1.165) is 109 Å². The van der Waals surface area contributed by atoms with Crippen molar-refractivity contribution in [2.24, 2.45) is 28.8 Å². The fourth-order valence-corrected chi connectivity index (χ4v) is 9.12. The standard InChI is InChI=1S/C31H49Cl3N4O2/c1-21-15-23(17-24(32)16-21)30-20-37(30)19-29(35-40-2)26(22-6-7-27(33)28(34)18-22)10-14-36-12-8-25(9-13-36)38-11-4-3-5-31(38)39/h20-28H,3-19H2,1-2H3/b35-29+. The van der Waals surface area contributed by atoms with Crippen molar-refractivity contribution in [3.8, 4) is 0 Å². The molecule has 0 radical (unpaired) electrons. The summed E-state index contributed by atoms with van der Waals surface area (Å²) in [6, 6.07) is 0.420. The Kier molecular flexibility index (Phi) is 10.9. The third-order valence-corrected chi connectivity index (χ3v) is 11.7. The van der Waals surface area contributed by atoms with Crippen molar-refractivity contribution in [2.45, 2.75) is 106 Å². The topological polar surface area (TPSA) is 48.2 Å². The highest BCUT2D eigenvalue weighted by molar-refractivity contribution is 6.30. The van der Waals surface area contributed by atoms with Crippen molar-refractivity contribution >= 4 is 46.4 Å². The summed E-state index contributed by atoms with van der Waals surface area (Å²) in [5.41, 5.74) is 2.57. The highest BCUT2D eigenvalue weighted by Gasteiger charge is 2.40. The van der Waals surface area contributed by atoms with Crippen LogP contribution in [0.25, 0.3) is 0 Å². The Labute approximate surface area is 256 Å². The van der Waals surface area contributed by atoms with E-state index in [2.05, 4.69) is 33.0 Å². The van der Waals surface area contributed by atoms with E-state index in [1.807, 2.05) is 0 Å². The summed E-state index contributed by atoms with van der Waals surface area (Å²) in [6.45, 7) is 7.22. The van der Waals surface area contributed by atoms with E-state index in [4.69, 9.17) is 39.6 Å². The van der Waals surface area contributed by atoms with E-state index in [1.54, 1.807) is 7.11 Å². The molecule has 4 fully saturated rings. The molecule has 2 saturated heterocycles. The second-order valence-electron chi connectivity index (χ2n) is 13.2. The molecule has 2 saturated carbocycles. The number of allylic oxidation sites excluding steroid dienone is 1. The number of halogens is 3. The third-order valence-electron chi connectivity index (χ3n) is 10.2. The minimum atomic E-state index is 0.00355. The number of hydrogen-bond donors (Lipinski definition) is 0. The van der Waals surface area contributed by atoms with Gasteiger partial charge in [-0.25, -0.2) is 0 Å². The van der Waals surface area contributed by atoms with Crippen molar-refractivity contribution in [3.63, 3.8) is 0 Å². The van der Waals surface area contributed by atoms with Gasteiger partial charge in [-0.1, -0.05) is 12.1 Å². The molecule has 0 aromatic rings. The molecule has 2 aliphatic carbocycles. The lowest BCUT2D eigenvalue weighted by Gasteiger charge is -2.41. The number of hydrogen-bond acceptors (Lipinski definition) is 5. The Hall–Kier alpha value is -0.690. The molecule has 0 N–H and O–H groups in total. The second-order valence-corrected chi connectivity index (χ2v) is 14.9. The van der Waals surface area contributed by atoms with Crippen molar-refractivity contribution in [1.82, 2.24) is 14.7 Å². The van der Waals surface area contributed by atoms with E-state index < -0.39 is 0 Å². The zero-order valence-corrected chi connectivity index (χ0v) is 26.7. The first kappa shape index (κ1) is 30.8.